The molecule has 1 saturated heterocycles. The maximum atomic E-state index is 11.4. The van der Waals surface area contributed by atoms with Crippen LogP contribution in [0.25, 0.3) is 0 Å². The molecule has 1 unspecified atom stereocenters. The van der Waals surface area contributed by atoms with Crippen molar-refractivity contribution in [1.29, 1.82) is 5.26 Å². The van der Waals surface area contributed by atoms with E-state index in [1.54, 1.807) is 18.2 Å². The first-order valence-electron chi connectivity index (χ1n) is 6.32. The van der Waals surface area contributed by atoms with Gasteiger partial charge in [0.15, 0.2) is 0 Å². The molecular formula is C14H15ClN2O2. The highest BCUT2D eigenvalue weighted by atomic mass is 35.5. The van der Waals surface area contributed by atoms with E-state index in [0.717, 1.165) is 19.3 Å². The third-order valence-corrected chi connectivity index (χ3v) is 3.66. The van der Waals surface area contributed by atoms with Crippen molar-refractivity contribution in [3.8, 4) is 6.07 Å². The molecule has 100 valence electrons. The van der Waals surface area contributed by atoms with Crippen molar-refractivity contribution in [2.75, 3.05) is 11.4 Å². The Kier molecular flexibility index (Phi) is 4.28. The number of nitriles is 1. The molecule has 1 aliphatic heterocycles. The summed E-state index contributed by atoms with van der Waals surface area (Å²) in [6.07, 6.45) is 3.48. The molecule has 1 aromatic rings. The standard InChI is InChI=1S/C14H15ClN2O2/c15-11-5-6-12(10(8-11)9-16)17-7-3-1-2-4-13(17)14(18)19/h5-6,8,13H,1-4,7H2,(H,18,19). The highest BCUT2D eigenvalue weighted by Crippen LogP contribution is 2.29. The summed E-state index contributed by atoms with van der Waals surface area (Å²) in [4.78, 5) is 13.2. The lowest BCUT2D eigenvalue weighted by Gasteiger charge is -2.29. The predicted octanol–water partition coefficient (Wildman–Crippen LogP) is 3.05. The van der Waals surface area contributed by atoms with Crippen LogP contribution in [-0.4, -0.2) is 23.7 Å². The second-order valence-corrected chi connectivity index (χ2v) is 5.11. The Balaban J connectivity index is 2.42. The topological polar surface area (TPSA) is 64.3 Å². The number of nitrogens with zero attached hydrogens (tertiary/aromatic N) is 2. The number of aliphatic carboxylic acids is 1. The van der Waals surface area contributed by atoms with Gasteiger partial charge >= 0.3 is 5.97 Å². The average Bonchev–Trinajstić information content (AvgIpc) is 2.64. The molecule has 1 aromatic carbocycles. The fourth-order valence-corrected chi connectivity index (χ4v) is 2.67. The van der Waals surface area contributed by atoms with Gasteiger partial charge in [-0.1, -0.05) is 24.4 Å². The summed E-state index contributed by atoms with van der Waals surface area (Å²) in [6, 6.07) is 6.55. The van der Waals surface area contributed by atoms with Gasteiger partial charge in [-0.05, 0) is 31.0 Å². The molecule has 0 aromatic heterocycles. The molecule has 5 heteroatoms. The lowest BCUT2D eigenvalue weighted by atomic mass is 10.1. The molecule has 0 spiro atoms. The number of carboxylic acids is 1. The minimum atomic E-state index is -0.833. The summed E-state index contributed by atoms with van der Waals surface area (Å²) < 4.78 is 0. The summed E-state index contributed by atoms with van der Waals surface area (Å²) >= 11 is 5.88. The summed E-state index contributed by atoms with van der Waals surface area (Å²) in [5, 5.41) is 19.0. The Morgan fingerprint density at radius 2 is 2.21 bits per heavy atom. The van der Waals surface area contributed by atoms with Gasteiger partial charge in [0, 0.05) is 11.6 Å². The molecule has 19 heavy (non-hydrogen) atoms. The molecule has 0 radical (unpaired) electrons. The molecule has 1 aliphatic rings. The molecule has 0 bridgehead atoms. The first-order valence-corrected chi connectivity index (χ1v) is 6.70. The van der Waals surface area contributed by atoms with Crippen molar-refractivity contribution in [3.05, 3.63) is 28.8 Å². The quantitative estimate of drug-likeness (QED) is 0.903. The van der Waals surface area contributed by atoms with E-state index in [0.29, 0.717) is 29.2 Å². The summed E-state index contributed by atoms with van der Waals surface area (Å²) in [5.74, 6) is -0.833. The predicted molar refractivity (Wildman–Crippen MR) is 73.4 cm³/mol. The van der Waals surface area contributed by atoms with Crippen molar-refractivity contribution in [2.24, 2.45) is 0 Å². The van der Waals surface area contributed by atoms with Gasteiger partial charge in [0.05, 0.1) is 11.3 Å². The van der Waals surface area contributed by atoms with E-state index in [4.69, 9.17) is 11.6 Å². The van der Waals surface area contributed by atoms with Crippen molar-refractivity contribution in [2.45, 2.75) is 31.7 Å². The van der Waals surface area contributed by atoms with E-state index in [1.165, 1.54) is 0 Å². The first-order chi connectivity index (χ1) is 9.13. The van der Waals surface area contributed by atoms with Crippen LogP contribution in [0.1, 0.15) is 31.2 Å². The van der Waals surface area contributed by atoms with Gasteiger partial charge < -0.3 is 10.0 Å². The Morgan fingerprint density at radius 1 is 1.42 bits per heavy atom. The van der Waals surface area contributed by atoms with Gasteiger partial charge in [-0.25, -0.2) is 4.79 Å². The number of halogens is 1. The lowest BCUT2D eigenvalue weighted by Crippen LogP contribution is -2.41. The number of anilines is 1. The van der Waals surface area contributed by atoms with Gasteiger partial charge in [-0.15, -0.1) is 0 Å². The zero-order valence-electron chi connectivity index (χ0n) is 10.5. The first kappa shape index (κ1) is 13.7. The Morgan fingerprint density at radius 3 is 2.89 bits per heavy atom. The highest BCUT2D eigenvalue weighted by molar-refractivity contribution is 6.30. The molecular weight excluding hydrogens is 264 g/mol. The van der Waals surface area contributed by atoms with E-state index in [2.05, 4.69) is 6.07 Å². The highest BCUT2D eigenvalue weighted by Gasteiger charge is 2.28. The number of carboxylic acid groups (broad SMARTS) is 1. The van der Waals surface area contributed by atoms with Crippen LogP contribution in [0.15, 0.2) is 18.2 Å². The van der Waals surface area contributed by atoms with Crippen LogP contribution in [0.2, 0.25) is 5.02 Å². The molecule has 4 nitrogen and oxygen atoms in total. The summed E-state index contributed by atoms with van der Waals surface area (Å²) in [7, 11) is 0. The third-order valence-electron chi connectivity index (χ3n) is 3.43. The van der Waals surface area contributed by atoms with Crippen LogP contribution >= 0.6 is 11.6 Å². The van der Waals surface area contributed by atoms with Gasteiger partial charge in [0.1, 0.15) is 12.1 Å². The van der Waals surface area contributed by atoms with Gasteiger partial charge in [-0.2, -0.15) is 5.26 Å². The maximum Gasteiger partial charge on any atom is 0.326 e. The molecule has 1 fully saturated rings. The van der Waals surface area contributed by atoms with E-state index >= 15 is 0 Å². The Hall–Kier alpha value is -1.73. The third kappa shape index (κ3) is 2.99. The Labute approximate surface area is 117 Å². The molecule has 0 aliphatic carbocycles. The van der Waals surface area contributed by atoms with E-state index in [1.807, 2.05) is 4.90 Å². The van der Waals surface area contributed by atoms with Crippen molar-refractivity contribution in [3.63, 3.8) is 0 Å². The minimum Gasteiger partial charge on any atom is -0.480 e. The van der Waals surface area contributed by atoms with Crippen LogP contribution in [0.4, 0.5) is 5.69 Å². The zero-order valence-corrected chi connectivity index (χ0v) is 11.2. The molecule has 0 saturated carbocycles. The molecule has 1 atom stereocenters. The van der Waals surface area contributed by atoms with Gasteiger partial charge in [0.25, 0.3) is 0 Å². The van der Waals surface area contributed by atoms with E-state index < -0.39 is 12.0 Å². The fourth-order valence-electron chi connectivity index (χ4n) is 2.50. The molecule has 1 heterocycles. The smallest absolute Gasteiger partial charge is 0.326 e. The zero-order chi connectivity index (χ0) is 13.8. The average molecular weight is 279 g/mol. The maximum absolute atomic E-state index is 11.4. The van der Waals surface area contributed by atoms with Crippen molar-refractivity contribution < 1.29 is 9.90 Å². The summed E-state index contributed by atoms with van der Waals surface area (Å²) in [5.41, 5.74) is 1.10. The van der Waals surface area contributed by atoms with Crippen molar-refractivity contribution >= 4 is 23.3 Å². The van der Waals surface area contributed by atoms with E-state index in [-0.39, 0.29) is 0 Å². The number of benzene rings is 1. The minimum absolute atomic E-state index is 0.431. The second-order valence-electron chi connectivity index (χ2n) is 4.67. The monoisotopic (exact) mass is 278 g/mol. The number of carbonyl (C=O) groups is 1. The number of rotatable bonds is 2. The van der Waals surface area contributed by atoms with Gasteiger partial charge in [-0.3, -0.25) is 0 Å². The Bertz CT molecular complexity index is 525. The normalized spacial score (nSPS) is 19.6. The van der Waals surface area contributed by atoms with Crippen LogP contribution < -0.4 is 4.90 Å². The number of hydrogen-bond acceptors (Lipinski definition) is 3. The van der Waals surface area contributed by atoms with Crippen LogP contribution in [0, 0.1) is 11.3 Å². The van der Waals surface area contributed by atoms with Crippen molar-refractivity contribution in [1.82, 2.24) is 0 Å². The second kappa shape index (κ2) is 5.94. The largest absolute Gasteiger partial charge is 0.480 e. The molecule has 2 rings (SSSR count). The number of hydrogen-bond donors (Lipinski definition) is 1. The molecule has 0 amide bonds. The van der Waals surface area contributed by atoms with Crippen LogP contribution in [0.3, 0.4) is 0 Å². The van der Waals surface area contributed by atoms with Crippen LogP contribution in [0.5, 0.6) is 0 Å². The lowest BCUT2D eigenvalue weighted by molar-refractivity contribution is -0.138. The SMILES string of the molecule is N#Cc1cc(Cl)ccc1N1CCCCCC1C(=O)O. The summed E-state index contributed by atoms with van der Waals surface area (Å²) in [6.45, 7) is 0.660. The van der Waals surface area contributed by atoms with E-state index in [9.17, 15) is 15.2 Å². The van der Waals surface area contributed by atoms with Gasteiger partial charge in [0.2, 0.25) is 0 Å². The molecule has 1 N–H and O–H groups in total. The fraction of sp³-hybridized carbons (Fsp3) is 0.429. The van der Waals surface area contributed by atoms with Crippen LogP contribution in [-0.2, 0) is 4.79 Å².